The molecule has 20 heavy (non-hydrogen) atoms. The van der Waals surface area contributed by atoms with E-state index in [2.05, 4.69) is 0 Å². The molecule has 1 aromatic rings. The molecule has 1 amide bonds. The van der Waals surface area contributed by atoms with Crippen LogP contribution in [0.1, 0.15) is 11.6 Å². The van der Waals surface area contributed by atoms with E-state index in [0.29, 0.717) is 13.2 Å². The van der Waals surface area contributed by atoms with Gasteiger partial charge in [0.15, 0.2) is 6.10 Å². The average molecular weight is 279 g/mol. The second kappa shape index (κ2) is 6.49. The molecule has 6 heteroatoms. The van der Waals surface area contributed by atoms with Crippen molar-refractivity contribution in [1.82, 2.24) is 4.90 Å². The van der Waals surface area contributed by atoms with E-state index in [-0.39, 0.29) is 12.5 Å². The molecule has 1 aliphatic rings. The Balaban J connectivity index is 2.33. The predicted molar refractivity (Wildman–Crippen MR) is 70.1 cm³/mol. The second-order valence-electron chi connectivity index (χ2n) is 4.51. The van der Waals surface area contributed by atoms with Crippen LogP contribution in [-0.4, -0.2) is 54.9 Å². The smallest absolute Gasteiger partial charge is 0.335 e. The number of methoxy groups -OCH3 is 1. The highest BCUT2D eigenvalue weighted by Crippen LogP contribution is 2.30. The van der Waals surface area contributed by atoms with Crippen LogP contribution >= 0.6 is 0 Å². The quantitative estimate of drug-likeness (QED) is 0.858. The molecule has 6 nitrogen and oxygen atoms in total. The number of nitrogens with zero attached hydrogens (tertiary/aromatic N) is 1. The molecular weight excluding hydrogens is 262 g/mol. The molecule has 2 unspecified atom stereocenters. The lowest BCUT2D eigenvalue weighted by atomic mass is 9.98. The van der Waals surface area contributed by atoms with Crippen LogP contribution in [0, 0.1) is 0 Å². The van der Waals surface area contributed by atoms with Crippen LogP contribution in [-0.2, 0) is 19.1 Å². The Morgan fingerprint density at radius 1 is 1.45 bits per heavy atom. The minimum absolute atomic E-state index is 0.218. The van der Waals surface area contributed by atoms with E-state index < -0.39 is 18.1 Å². The molecule has 1 fully saturated rings. The predicted octanol–water partition coefficient (Wildman–Crippen LogP) is 0.686. The summed E-state index contributed by atoms with van der Waals surface area (Å²) in [5, 5.41) is 9.31. The van der Waals surface area contributed by atoms with Crippen LogP contribution in [0.25, 0.3) is 0 Å². The highest BCUT2D eigenvalue weighted by Gasteiger charge is 2.41. The molecule has 1 aromatic carbocycles. The molecule has 0 aromatic heterocycles. The van der Waals surface area contributed by atoms with Crippen molar-refractivity contribution in [3.63, 3.8) is 0 Å². The number of hydrogen-bond donors (Lipinski definition) is 1. The number of aliphatic carboxylic acids is 1. The highest BCUT2D eigenvalue weighted by molar-refractivity contribution is 5.83. The van der Waals surface area contributed by atoms with E-state index in [1.165, 1.54) is 12.0 Å². The summed E-state index contributed by atoms with van der Waals surface area (Å²) in [5.41, 5.74) is 0.740. The second-order valence-corrected chi connectivity index (χ2v) is 4.51. The molecule has 0 spiro atoms. The number of amides is 1. The SMILES string of the molecule is COCCN1C(=O)COC(C(=O)O)C1c1ccccc1. The van der Waals surface area contributed by atoms with Gasteiger partial charge in [-0.15, -0.1) is 0 Å². The number of hydrogen-bond acceptors (Lipinski definition) is 4. The van der Waals surface area contributed by atoms with Gasteiger partial charge < -0.3 is 19.5 Å². The molecule has 0 bridgehead atoms. The maximum Gasteiger partial charge on any atom is 0.335 e. The number of carboxylic acid groups (broad SMARTS) is 1. The summed E-state index contributed by atoms with van der Waals surface area (Å²) in [4.78, 5) is 24.9. The Morgan fingerprint density at radius 3 is 2.75 bits per heavy atom. The van der Waals surface area contributed by atoms with Crippen molar-refractivity contribution in [2.24, 2.45) is 0 Å². The van der Waals surface area contributed by atoms with Gasteiger partial charge in [0.1, 0.15) is 6.61 Å². The first-order valence-corrected chi connectivity index (χ1v) is 6.33. The molecule has 0 aliphatic carbocycles. The fraction of sp³-hybridized carbons (Fsp3) is 0.429. The van der Waals surface area contributed by atoms with E-state index in [9.17, 15) is 14.7 Å². The molecule has 1 heterocycles. The zero-order valence-corrected chi connectivity index (χ0v) is 11.2. The van der Waals surface area contributed by atoms with Gasteiger partial charge in [0.05, 0.1) is 12.6 Å². The summed E-state index contributed by atoms with van der Waals surface area (Å²) in [6.07, 6.45) is -1.06. The highest BCUT2D eigenvalue weighted by atomic mass is 16.5. The van der Waals surface area contributed by atoms with Crippen molar-refractivity contribution >= 4 is 11.9 Å². The Bertz CT molecular complexity index is 476. The van der Waals surface area contributed by atoms with Crippen molar-refractivity contribution < 1.29 is 24.2 Å². The third-order valence-corrected chi connectivity index (χ3v) is 3.25. The third-order valence-electron chi connectivity index (χ3n) is 3.25. The maximum absolute atomic E-state index is 12.0. The molecule has 0 saturated carbocycles. The van der Waals surface area contributed by atoms with E-state index in [1.807, 2.05) is 18.2 Å². The normalized spacial score (nSPS) is 22.9. The first-order chi connectivity index (χ1) is 9.65. The fourth-order valence-corrected chi connectivity index (χ4v) is 2.32. The third kappa shape index (κ3) is 2.97. The van der Waals surface area contributed by atoms with Crippen LogP contribution in [0.5, 0.6) is 0 Å². The molecule has 108 valence electrons. The zero-order chi connectivity index (χ0) is 14.5. The van der Waals surface area contributed by atoms with Crippen molar-refractivity contribution in [2.45, 2.75) is 12.1 Å². The van der Waals surface area contributed by atoms with Gasteiger partial charge in [-0.2, -0.15) is 0 Å². The average Bonchev–Trinajstić information content (AvgIpc) is 2.46. The van der Waals surface area contributed by atoms with Crippen molar-refractivity contribution in [2.75, 3.05) is 26.9 Å². The number of carbonyl (C=O) groups is 2. The Labute approximate surface area is 116 Å². The number of morpholine rings is 1. The van der Waals surface area contributed by atoms with Crippen molar-refractivity contribution in [3.8, 4) is 0 Å². The van der Waals surface area contributed by atoms with E-state index in [4.69, 9.17) is 9.47 Å². The van der Waals surface area contributed by atoms with Gasteiger partial charge in [-0.1, -0.05) is 30.3 Å². The number of carboxylic acids is 1. The van der Waals surface area contributed by atoms with Gasteiger partial charge in [-0.05, 0) is 5.56 Å². The Hall–Kier alpha value is -1.92. The number of benzene rings is 1. The maximum atomic E-state index is 12.0. The number of rotatable bonds is 5. The fourth-order valence-electron chi connectivity index (χ4n) is 2.32. The van der Waals surface area contributed by atoms with Gasteiger partial charge in [-0.25, -0.2) is 4.79 Å². The number of carbonyl (C=O) groups excluding carboxylic acids is 1. The topological polar surface area (TPSA) is 76.1 Å². The first-order valence-electron chi connectivity index (χ1n) is 6.33. The minimum Gasteiger partial charge on any atom is -0.479 e. The van der Waals surface area contributed by atoms with E-state index in [0.717, 1.165) is 5.56 Å². The molecule has 1 N–H and O–H groups in total. The van der Waals surface area contributed by atoms with Crippen LogP contribution in [0.2, 0.25) is 0 Å². The molecule has 1 aliphatic heterocycles. The number of ether oxygens (including phenoxy) is 2. The summed E-state index contributed by atoms with van der Waals surface area (Å²) in [7, 11) is 1.54. The van der Waals surface area contributed by atoms with E-state index >= 15 is 0 Å². The van der Waals surface area contributed by atoms with E-state index in [1.54, 1.807) is 12.1 Å². The summed E-state index contributed by atoms with van der Waals surface area (Å²) < 4.78 is 10.2. The molecule has 2 atom stereocenters. The van der Waals surface area contributed by atoms with Crippen LogP contribution in [0.3, 0.4) is 0 Å². The molecular formula is C14H17NO5. The van der Waals surface area contributed by atoms with Gasteiger partial charge in [0.25, 0.3) is 0 Å². The first kappa shape index (κ1) is 14.5. The van der Waals surface area contributed by atoms with Crippen LogP contribution in [0.15, 0.2) is 30.3 Å². The summed E-state index contributed by atoms with van der Waals surface area (Å²) in [6, 6.07) is 8.41. The standard InChI is InChI=1S/C14H17NO5/c1-19-8-7-15-11(16)9-20-13(14(17)18)12(15)10-5-3-2-4-6-10/h2-6,12-13H,7-9H2,1H3,(H,17,18). The van der Waals surface area contributed by atoms with Gasteiger partial charge in [-0.3, -0.25) is 4.79 Å². The summed E-state index contributed by atoms with van der Waals surface area (Å²) in [6.45, 7) is 0.466. The van der Waals surface area contributed by atoms with Crippen LogP contribution in [0.4, 0.5) is 0 Å². The van der Waals surface area contributed by atoms with Crippen molar-refractivity contribution in [1.29, 1.82) is 0 Å². The Kier molecular flexibility index (Phi) is 4.70. The van der Waals surface area contributed by atoms with Crippen LogP contribution < -0.4 is 0 Å². The lowest BCUT2D eigenvalue weighted by Gasteiger charge is -2.39. The Morgan fingerprint density at radius 2 is 2.15 bits per heavy atom. The van der Waals surface area contributed by atoms with Gasteiger partial charge in [0.2, 0.25) is 5.91 Å². The monoisotopic (exact) mass is 279 g/mol. The lowest BCUT2D eigenvalue weighted by Crippen LogP contribution is -2.52. The molecule has 2 rings (SSSR count). The minimum atomic E-state index is -1.08. The molecule has 1 saturated heterocycles. The summed E-state index contributed by atoms with van der Waals surface area (Å²) in [5.74, 6) is -1.30. The zero-order valence-electron chi connectivity index (χ0n) is 11.2. The van der Waals surface area contributed by atoms with Gasteiger partial charge >= 0.3 is 5.97 Å². The lowest BCUT2D eigenvalue weighted by molar-refractivity contribution is -0.173. The summed E-state index contributed by atoms with van der Waals surface area (Å²) >= 11 is 0. The molecule has 0 radical (unpaired) electrons. The van der Waals surface area contributed by atoms with Crippen molar-refractivity contribution in [3.05, 3.63) is 35.9 Å². The van der Waals surface area contributed by atoms with Gasteiger partial charge in [0, 0.05) is 13.7 Å². The largest absolute Gasteiger partial charge is 0.479 e.